The minimum atomic E-state index is -3.07. The van der Waals surface area contributed by atoms with Gasteiger partial charge in [0, 0.05) is 83.5 Å². The number of hydrogen-bond donors (Lipinski definition) is 1. The summed E-state index contributed by atoms with van der Waals surface area (Å²) in [6.45, 7) is -0.873. The molecule has 40 heavy (non-hydrogen) atoms. The summed E-state index contributed by atoms with van der Waals surface area (Å²) >= 11 is 0. The molecule has 1 fully saturated rings. The molecule has 4 heterocycles. The Balaban J connectivity index is 1.26. The van der Waals surface area contributed by atoms with Gasteiger partial charge in [-0.3, -0.25) is 9.69 Å². The van der Waals surface area contributed by atoms with Gasteiger partial charge in [0.2, 0.25) is 0 Å². The van der Waals surface area contributed by atoms with E-state index in [1.807, 2.05) is 36.7 Å². The molecule has 0 spiro atoms. The van der Waals surface area contributed by atoms with E-state index in [2.05, 4.69) is 45.9 Å². The number of hydrogen-bond acceptors (Lipinski definition) is 6. The Hall–Kier alpha value is -3.75. The van der Waals surface area contributed by atoms with Crippen LogP contribution >= 0.6 is 0 Å². The summed E-state index contributed by atoms with van der Waals surface area (Å²) in [6, 6.07) is 15.1. The van der Waals surface area contributed by atoms with Crippen LogP contribution in [0.25, 0.3) is 22.2 Å². The number of nitrogens with zero attached hydrogens (tertiary/aromatic N) is 5. The number of likely N-dealkylation sites (tertiary alicyclic amines) is 1. The molecule has 0 unspecified atom stereocenters. The van der Waals surface area contributed by atoms with Gasteiger partial charge in [-0.2, -0.15) is 0 Å². The van der Waals surface area contributed by atoms with Crippen LogP contribution in [-0.4, -0.2) is 77.5 Å². The number of aromatic nitrogens is 3. The van der Waals surface area contributed by atoms with Gasteiger partial charge in [-0.15, -0.1) is 0 Å². The first-order valence-corrected chi connectivity index (χ1v) is 13.6. The van der Waals surface area contributed by atoms with Crippen LogP contribution in [0.5, 0.6) is 0 Å². The Bertz CT molecular complexity index is 1630. The number of nitrogens with one attached hydrogen (secondary N) is 1. The number of fused-ring (bicyclic) bond motifs is 1. The number of carbonyl (C=O) groups excluding carboxylic acids is 1. The zero-order valence-corrected chi connectivity index (χ0v) is 23.2. The number of carbonyl (C=O) groups is 1. The van der Waals surface area contributed by atoms with E-state index in [4.69, 9.17) is 17.9 Å². The fourth-order valence-electron chi connectivity index (χ4n) is 5.66. The lowest BCUT2D eigenvalue weighted by molar-refractivity contribution is 0.0827. The number of amides is 1. The summed E-state index contributed by atoms with van der Waals surface area (Å²) in [4.78, 5) is 24.6. The van der Waals surface area contributed by atoms with Gasteiger partial charge in [-0.05, 0) is 86.3 Å². The van der Waals surface area contributed by atoms with Gasteiger partial charge in [-0.1, -0.05) is 12.1 Å². The van der Waals surface area contributed by atoms with Gasteiger partial charge < -0.3 is 19.5 Å². The van der Waals surface area contributed by atoms with Crippen LogP contribution in [0.15, 0.2) is 60.9 Å². The molecule has 0 bridgehead atoms. The molecule has 3 aromatic heterocycles. The number of anilines is 1. The first kappa shape index (κ1) is 21.1. The van der Waals surface area contributed by atoms with Gasteiger partial charge in [0.25, 0.3) is 5.91 Å². The second-order valence-electron chi connectivity index (χ2n) is 10.3. The number of aryl methyl sites for hydroxylation is 1. The van der Waals surface area contributed by atoms with E-state index in [0.717, 1.165) is 59.5 Å². The maximum atomic E-state index is 12.8. The highest BCUT2D eigenvalue weighted by molar-refractivity contribution is 5.94. The van der Waals surface area contributed by atoms with E-state index in [0.29, 0.717) is 13.2 Å². The lowest BCUT2D eigenvalue weighted by Crippen LogP contribution is -2.35. The topological polar surface area (TPSA) is 75.5 Å². The minimum Gasteiger partial charge on any atom is -0.383 e. The van der Waals surface area contributed by atoms with E-state index in [1.165, 1.54) is 17.8 Å². The molecule has 4 aromatic rings. The van der Waals surface area contributed by atoms with Crippen molar-refractivity contribution in [3.8, 4) is 11.1 Å². The summed E-state index contributed by atoms with van der Waals surface area (Å²) in [6.07, 6.45) is 5.55. The first-order chi connectivity index (χ1) is 21.8. The molecule has 5 rings (SSSR count). The third-order valence-corrected chi connectivity index (χ3v) is 7.99. The fraction of sp³-hybridized carbons (Fsp3) is 0.406. The lowest BCUT2D eigenvalue weighted by Gasteiger charge is -2.36. The Morgan fingerprint density at radius 1 is 1.15 bits per heavy atom. The minimum absolute atomic E-state index is 0.00387. The number of piperidine rings is 1. The maximum absolute atomic E-state index is 12.8. The number of benzene rings is 1. The van der Waals surface area contributed by atoms with Crippen LogP contribution < -0.4 is 5.32 Å². The second-order valence-corrected chi connectivity index (χ2v) is 10.3. The molecule has 1 aliphatic heterocycles. The third-order valence-electron chi connectivity index (χ3n) is 7.99. The molecule has 0 saturated carbocycles. The molecular formula is C32H40N6O2. The van der Waals surface area contributed by atoms with Crippen molar-refractivity contribution in [2.24, 2.45) is 7.05 Å². The highest BCUT2D eigenvalue weighted by Crippen LogP contribution is 2.36. The molecule has 1 amide bonds. The summed E-state index contributed by atoms with van der Waals surface area (Å²) < 4.78 is 52.4. The van der Waals surface area contributed by atoms with Crippen molar-refractivity contribution in [3.63, 3.8) is 0 Å². The molecule has 1 atom stereocenters. The molecule has 1 saturated heterocycles. The summed E-state index contributed by atoms with van der Waals surface area (Å²) in [5.74, 6) is 0.0371. The Morgan fingerprint density at radius 3 is 2.60 bits per heavy atom. The molecule has 8 nitrogen and oxygen atoms in total. The number of pyridine rings is 2. The molecule has 210 valence electrons. The predicted molar refractivity (Wildman–Crippen MR) is 161 cm³/mol. The summed E-state index contributed by atoms with van der Waals surface area (Å²) in [5, 5.41) is 4.33. The average molecular weight is 547 g/mol. The molecule has 0 aliphatic carbocycles. The van der Waals surface area contributed by atoms with E-state index < -0.39 is 19.9 Å². The van der Waals surface area contributed by atoms with Crippen molar-refractivity contribution in [2.75, 3.05) is 52.6 Å². The zero-order chi connectivity index (χ0) is 33.2. The van der Waals surface area contributed by atoms with Crippen LogP contribution in [0, 0.1) is 0 Å². The largest absolute Gasteiger partial charge is 0.383 e. The van der Waals surface area contributed by atoms with Gasteiger partial charge in [0.15, 0.2) is 0 Å². The van der Waals surface area contributed by atoms with Gasteiger partial charge in [-0.25, -0.2) is 9.97 Å². The maximum Gasteiger partial charge on any atom is 0.253 e. The van der Waals surface area contributed by atoms with Gasteiger partial charge in [0.05, 0.1) is 6.61 Å². The van der Waals surface area contributed by atoms with E-state index in [9.17, 15) is 4.79 Å². The molecule has 0 radical (unpaired) electrons. The van der Waals surface area contributed by atoms with Crippen molar-refractivity contribution in [2.45, 2.75) is 31.7 Å². The average Bonchev–Trinajstić information content (AvgIpc) is 3.36. The van der Waals surface area contributed by atoms with Crippen LogP contribution in [0.1, 0.15) is 61.6 Å². The van der Waals surface area contributed by atoms with Crippen LogP contribution in [0.2, 0.25) is 0 Å². The van der Waals surface area contributed by atoms with Gasteiger partial charge >= 0.3 is 0 Å². The van der Waals surface area contributed by atoms with E-state index in [-0.39, 0.29) is 22.4 Å². The van der Waals surface area contributed by atoms with Crippen molar-refractivity contribution in [1.82, 2.24) is 24.3 Å². The molecule has 1 aromatic carbocycles. The Morgan fingerprint density at radius 2 is 1.93 bits per heavy atom. The molecule has 1 N–H and O–H groups in total. The summed E-state index contributed by atoms with van der Waals surface area (Å²) in [7, 11) is 3.73. The number of ether oxygens (including phenoxy) is 1. The van der Waals surface area contributed by atoms with Crippen molar-refractivity contribution in [1.29, 1.82) is 0 Å². The Kier molecular flexibility index (Phi) is 6.42. The van der Waals surface area contributed by atoms with Gasteiger partial charge in [0.1, 0.15) is 11.5 Å². The van der Waals surface area contributed by atoms with E-state index in [1.54, 1.807) is 7.11 Å². The second kappa shape index (κ2) is 12.2. The smallest absolute Gasteiger partial charge is 0.253 e. The fourth-order valence-corrected chi connectivity index (χ4v) is 5.66. The SMILES string of the molecule is [2H]C([2H])([2H])N(C(=O)c1ccc(C2CCN([C@@H](C)c3cc4c(-c5ccc(NCCOC)nc5)ccnc4n3C)CC2)cc1)C([2H])([2H])[2H]. The van der Waals surface area contributed by atoms with Crippen molar-refractivity contribution in [3.05, 3.63) is 77.7 Å². The molecule has 8 heteroatoms. The predicted octanol–water partition coefficient (Wildman–Crippen LogP) is 5.34. The number of rotatable bonds is 9. The Labute approximate surface area is 245 Å². The highest BCUT2D eigenvalue weighted by Gasteiger charge is 2.27. The number of methoxy groups -OCH3 is 1. The van der Waals surface area contributed by atoms with Crippen molar-refractivity contribution < 1.29 is 17.8 Å². The summed E-state index contributed by atoms with van der Waals surface area (Å²) in [5.41, 5.74) is 5.28. The molecular weight excluding hydrogens is 500 g/mol. The molecule has 1 aliphatic rings. The highest BCUT2D eigenvalue weighted by atomic mass is 16.5. The van der Waals surface area contributed by atoms with Crippen molar-refractivity contribution >= 4 is 22.8 Å². The first-order valence-electron chi connectivity index (χ1n) is 16.6. The standard InChI is InChI=1S/C32H40N6O2/c1-22(38-17-13-24(14-18-38)23-6-8-25(9-7-23)32(39)36(2)3)29-20-28-27(12-15-34-31(28)37(29)4)26-10-11-30(35-21-26)33-16-19-40-5/h6-12,15,20-22,24H,13-14,16-19H2,1-5H3,(H,33,35)/t22-/m0/s1/i2D3,3D3. The third kappa shape index (κ3) is 5.74. The quantitative estimate of drug-likeness (QED) is 0.286. The van der Waals surface area contributed by atoms with E-state index >= 15 is 0 Å². The van der Waals surface area contributed by atoms with Crippen LogP contribution in [0.4, 0.5) is 5.82 Å². The lowest BCUT2D eigenvalue weighted by atomic mass is 9.88. The monoisotopic (exact) mass is 546 g/mol. The zero-order valence-electron chi connectivity index (χ0n) is 29.2. The normalized spacial score (nSPS) is 18.2. The van der Waals surface area contributed by atoms with Crippen LogP contribution in [-0.2, 0) is 11.8 Å². The van der Waals surface area contributed by atoms with Crippen LogP contribution in [0.3, 0.4) is 0 Å².